The first kappa shape index (κ1) is 22.3. The highest BCUT2D eigenvalue weighted by Gasteiger charge is 2.49. The van der Waals surface area contributed by atoms with Crippen molar-refractivity contribution in [2.45, 2.75) is 45.6 Å². The molecule has 0 radical (unpaired) electrons. The number of aryl methyl sites for hydroxylation is 1. The molecule has 2 unspecified atom stereocenters. The summed E-state index contributed by atoms with van der Waals surface area (Å²) in [6, 6.07) is 7.09. The van der Waals surface area contributed by atoms with E-state index in [1.807, 2.05) is 26.0 Å². The standard InChI is InChI=1S/C23H25FN4O3S/c1-13-9-19(25-10-15(13)24)28-18-6-4-5-16(27-18)17-11-26-21(32-17)23(31)8-7-14(20(29)30)22(2,3)12-23/h4-6,9-11,14,31H,7-8,12H2,1-3H3,(H,29,30)(H,25,27,28). The minimum atomic E-state index is -1.16. The van der Waals surface area contributed by atoms with Crippen LogP contribution in [0.1, 0.15) is 43.7 Å². The predicted molar refractivity (Wildman–Crippen MR) is 120 cm³/mol. The molecule has 0 amide bonds. The molecule has 2 atom stereocenters. The van der Waals surface area contributed by atoms with Crippen LogP contribution in [0, 0.1) is 24.1 Å². The van der Waals surface area contributed by atoms with E-state index in [1.165, 1.54) is 11.3 Å². The fourth-order valence-corrected chi connectivity index (χ4v) is 5.37. The smallest absolute Gasteiger partial charge is 0.307 e. The molecule has 3 aromatic heterocycles. The SMILES string of the molecule is Cc1cc(Nc2cccc(-c3cnc(C4(O)CCC(C(=O)O)C(C)(C)C4)s3)n2)ncc1F. The maximum absolute atomic E-state index is 13.5. The first-order valence-electron chi connectivity index (χ1n) is 10.4. The van der Waals surface area contributed by atoms with Crippen LogP contribution in [0.15, 0.2) is 36.7 Å². The number of carboxylic acids is 1. The molecule has 3 aromatic rings. The Bertz CT molecular complexity index is 1170. The van der Waals surface area contributed by atoms with Gasteiger partial charge in [0, 0.05) is 6.20 Å². The third kappa shape index (κ3) is 4.35. The van der Waals surface area contributed by atoms with E-state index in [-0.39, 0.29) is 5.82 Å². The van der Waals surface area contributed by atoms with Crippen LogP contribution in [0.5, 0.6) is 0 Å². The van der Waals surface area contributed by atoms with Crippen LogP contribution in [-0.4, -0.2) is 31.1 Å². The maximum atomic E-state index is 13.5. The quantitative estimate of drug-likeness (QED) is 0.502. The largest absolute Gasteiger partial charge is 0.481 e. The molecule has 0 bridgehead atoms. The lowest BCUT2D eigenvalue weighted by molar-refractivity contribution is -0.154. The molecule has 1 aliphatic rings. The monoisotopic (exact) mass is 456 g/mol. The summed E-state index contributed by atoms with van der Waals surface area (Å²) in [6.07, 6.45) is 3.92. The maximum Gasteiger partial charge on any atom is 0.307 e. The summed E-state index contributed by atoms with van der Waals surface area (Å²) in [5, 5.41) is 24.5. The summed E-state index contributed by atoms with van der Waals surface area (Å²) in [4.78, 5) is 25.5. The number of carbonyl (C=O) groups is 1. The fourth-order valence-electron chi connectivity index (χ4n) is 4.37. The molecule has 168 valence electrons. The normalized spacial score (nSPS) is 22.5. The van der Waals surface area contributed by atoms with Gasteiger partial charge in [-0.15, -0.1) is 11.3 Å². The average molecular weight is 457 g/mol. The van der Waals surface area contributed by atoms with Gasteiger partial charge in [0.1, 0.15) is 28.1 Å². The number of thiazole rings is 1. The Hall–Kier alpha value is -2.91. The molecule has 3 heterocycles. The number of halogens is 1. The van der Waals surface area contributed by atoms with Crippen LogP contribution in [-0.2, 0) is 10.4 Å². The van der Waals surface area contributed by atoms with E-state index < -0.39 is 22.9 Å². The van der Waals surface area contributed by atoms with Crippen LogP contribution in [0.25, 0.3) is 10.6 Å². The number of aromatic nitrogens is 3. The second-order valence-corrected chi connectivity index (χ2v) is 10.0. The molecule has 7 nitrogen and oxygen atoms in total. The van der Waals surface area contributed by atoms with E-state index in [0.29, 0.717) is 47.2 Å². The van der Waals surface area contributed by atoms with E-state index in [0.717, 1.165) is 11.1 Å². The number of hydrogen-bond donors (Lipinski definition) is 3. The van der Waals surface area contributed by atoms with Gasteiger partial charge in [-0.1, -0.05) is 19.9 Å². The molecule has 0 aromatic carbocycles. The van der Waals surface area contributed by atoms with Crippen LogP contribution >= 0.6 is 11.3 Å². The zero-order chi connectivity index (χ0) is 23.1. The number of rotatable bonds is 5. The van der Waals surface area contributed by atoms with Crippen molar-refractivity contribution < 1.29 is 19.4 Å². The van der Waals surface area contributed by atoms with Crippen molar-refractivity contribution in [1.82, 2.24) is 15.0 Å². The van der Waals surface area contributed by atoms with E-state index in [9.17, 15) is 19.4 Å². The minimum Gasteiger partial charge on any atom is -0.481 e. The van der Waals surface area contributed by atoms with E-state index in [1.54, 1.807) is 25.3 Å². The zero-order valence-corrected chi connectivity index (χ0v) is 18.9. The summed E-state index contributed by atoms with van der Waals surface area (Å²) < 4.78 is 13.5. The van der Waals surface area contributed by atoms with Crippen molar-refractivity contribution >= 4 is 28.9 Å². The lowest BCUT2D eigenvalue weighted by atomic mass is 9.63. The van der Waals surface area contributed by atoms with Gasteiger partial charge in [-0.3, -0.25) is 4.79 Å². The van der Waals surface area contributed by atoms with Crippen LogP contribution in [0.3, 0.4) is 0 Å². The number of nitrogens with one attached hydrogen (secondary N) is 1. The van der Waals surface area contributed by atoms with Crippen molar-refractivity contribution in [3.05, 3.63) is 53.0 Å². The molecule has 0 aliphatic heterocycles. The van der Waals surface area contributed by atoms with Gasteiger partial charge in [0.25, 0.3) is 0 Å². The Labute approximate surface area is 189 Å². The molecule has 1 aliphatic carbocycles. The number of nitrogens with zero attached hydrogens (tertiary/aromatic N) is 3. The molecule has 4 rings (SSSR count). The number of anilines is 2. The Balaban J connectivity index is 1.55. The van der Waals surface area contributed by atoms with E-state index in [2.05, 4.69) is 20.3 Å². The minimum absolute atomic E-state index is 0.328. The zero-order valence-electron chi connectivity index (χ0n) is 18.1. The Morgan fingerprint density at radius 2 is 2.03 bits per heavy atom. The van der Waals surface area contributed by atoms with Crippen molar-refractivity contribution in [3.63, 3.8) is 0 Å². The van der Waals surface area contributed by atoms with Gasteiger partial charge in [-0.05, 0) is 55.4 Å². The number of aliphatic hydroxyl groups is 1. The summed E-state index contributed by atoms with van der Waals surface area (Å²) >= 11 is 1.36. The summed E-state index contributed by atoms with van der Waals surface area (Å²) in [6.45, 7) is 5.43. The lowest BCUT2D eigenvalue weighted by Gasteiger charge is -2.44. The fraction of sp³-hybridized carbons (Fsp3) is 0.391. The van der Waals surface area contributed by atoms with Crippen LogP contribution in [0.4, 0.5) is 16.0 Å². The lowest BCUT2D eigenvalue weighted by Crippen LogP contribution is -2.44. The first-order chi connectivity index (χ1) is 15.1. The number of aliphatic carboxylic acids is 1. The average Bonchev–Trinajstić information content (AvgIpc) is 3.21. The molecule has 1 fully saturated rings. The molecular weight excluding hydrogens is 431 g/mol. The van der Waals surface area contributed by atoms with Gasteiger partial charge in [0.15, 0.2) is 0 Å². The van der Waals surface area contributed by atoms with Gasteiger partial charge in [-0.25, -0.2) is 19.3 Å². The number of hydrogen-bond acceptors (Lipinski definition) is 7. The van der Waals surface area contributed by atoms with Crippen LogP contribution in [0.2, 0.25) is 0 Å². The van der Waals surface area contributed by atoms with Crippen LogP contribution < -0.4 is 5.32 Å². The first-order valence-corrected chi connectivity index (χ1v) is 11.2. The molecular formula is C23H25FN4O3S. The van der Waals surface area contributed by atoms with Gasteiger partial charge >= 0.3 is 5.97 Å². The Kier molecular flexibility index (Phi) is 5.72. The van der Waals surface area contributed by atoms with Gasteiger partial charge in [-0.2, -0.15) is 0 Å². The van der Waals surface area contributed by atoms with Gasteiger partial charge in [0.2, 0.25) is 0 Å². The second-order valence-electron chi connectivity index (χ2n) is 9.01. The number of pyridine rings is 2. The van der Waals surface area contributed by atoms with Crippen molar-refractivity contribution in [2.75, 3.05) is 5.32 Å². The highest BCUT2D eigenvalue weighted by Crippen LogP contribution is 2.50. The molecule has 1 saturated carbocycles. The molecule has 32 heavy (non-hydrogen) atoms. The molecule has 0 spiro atoms. The summed E-state index contributed by atoms with van der Waals surface area (Å²) in [7, 11) is 0. The van der Waals surface area contributed by atoms with Gasteiger partial charge in [0.05, 0.1) is 22.7 Å². The Morgan fingerprint density at radius 3 is 2.72 bits per heavy atom. The number of carboxylic acid groups (broad SMARTS) is 1. The summed E-state index contributed by atoms with van der Waals surface area (Å²) in [5.74, 6) is -0.637. The van der Waals surface area contributed by atoms with Gasteiger partial charge < -0.3 is 15.5 Å². The van der Waals surface area contributed by atoms with Crippen molar-refractivity contribution in [1.29, 1.82) is 0 Å². The molecule has 0 saturated heterocycles. The third-order valence-corrected chi connectivity index (χ3v) is 7.26. The second kappa shape index (κ2) is 8.22. The topological polar surface area (TPSA) is 108 Å². The Morgan fingerprint density at radius 1 is 1.25 bits per heavy atom. The molecule has 3 N–H and O–H groups in total. The predicted octanol–water partition coefficient (Wildman–Crippen LogP) is 4.89. The molecule has 9 heteroatoms. The van der Waals surface area contributed by atoms with Crippen molar-refractivity contribution in [2.24, 2.45) is 11.3 Å². The van der Waals surface area contributed by atoms with E-state index in [4.69, 9.17) is 0 Å². The third-order valence-electron chi connectivity index (χ3n) is 6.04. The van der Waals surface area contributed by atoms with Crippen molar-refractivity contribution in [3.8, 4) is 10.6 Å². The highest BCUT2D eigenvalue weighted by atomic mass is 32.1. The van der Waals surface area contributed by atoms with E-state index >= 15 is 0 Å². The highest BCUT2D eigenvalue weighted by molar-refractivity contribution is 7.15. The summed E-state index contributed by atoms with van der Waals surface area (Å²) in [5.41, 5.74) is -0.546.